The second-order valence-corrected chi connectivity index (χ2v) is 5.41. The molecule has 7 heteroatoms. The molecular weight excluding hydrogens is 353 g/mol. The molecule has 0 aromatic heterocycles. The number of rotatable bonds is 2. The number of nitrogens with two attached hydrogens (primary N) is 1. The summed E-state index contributed by atoms with van der Waals surface area (Å²) in [6.07, 6.45) is 0.817. The van der Waals surface area contributed by atoms with E-state index in [1.54, 1.807) is 11.8 Å². The summed E-state index contributed by atoms with van der Waals surface area (Å²) < 4.78 is 5.24. The molecule has 0 aromatic carbocycles. The van der Waals surface area contributed by atoms with Gasteiger partial charge in [-0.15, -0.1) is 24.0 Å². The van der Waals surface area contributed by atoms with E-state index in [9.17, 15) is 5.11 Å². The van der Waals surface area contributed by atoms with E-state index in [-0.39, 0.29) is 24.0 Å². The van der Waals surface area contributed by atoms with Gasteiger partial charge in [0.05, 0.1) is 25.4 Å². The molecule has 2 aliphatic rings. The van der Waals surface area contributed by atoms with E-state index in [0.717, 1.165) is 31.0 Å². The Kier molecular flexibility index (Phi) is 6.32. The summed E-state index contributed by atoms with van der Waals surface area (Å²) in [6, 6.07) is 0. The number of aliphatic imine (C=N–C) groups is 1. The Morgan fingerprint density at radius 1 is 1.47 bits per heavy atom. The van der Waals surface area contributed by atoms with Crippen LogP contribution >= 0.6 is 35.7 Å². The molecule has 2 heterocycles. The van der Waals surface area contributed by atoms with Crippen molar-refractivity contribution in [2.24, 2.45) is 10.7 Å². The first-order valence-corrected chi connectivity index (χ1v) is 6.78. The molecule has 2 saturated heterocycles. The zero-order valence-corrected chi connectivity index (χ0v) is 12.9. The minimum atomic E-state index is -0.637. The van der Waals surface area contributed by atoms with E-state index in [2.05, 4.69) is 4.99 Å². The molecule has 0 radical (unpaired) electrons. The Hall–Kier alpha value is 0.270. The van der Waals surface area contributed by atoms with Gasteiger partial charge in [-0.1, -0.05) is 0 Å². The molecule has 0 aromatic rings. The lowest BCUT2D eigenvalue weighted by molar-refractivity contribution is 0.0651. The van der Waals surface area contributed by atoms with Crippen molar-refractivity contribution in [3.05, 3.63) is 0 Å². The fraction of sp³-hybridized carbons (Fsp3) is 0.900. The quantitative estimate of drug-likeness (QED) is 0.409. The Bertz CT molecular complexity index is 266. The second-order valence-electron chi connectivity index (χ2n) is 4.30. The maximum absolute atomic E-state index is 10.1. The molecule has 0 spiro atoms. The maximum Gasteiger partial charge on any atom is 0.191 e. The average molecular weight is 373 g/mol. The van der Waals surface area contributed by atoms with Gasteiger partial charge in [0, 0.05) is 18.8 Å². The first-order chi connectivity index (χ1) is 7.70. The first-order valence-electron chi connectivity index (χ1n) is 5.62. The van der Waals surface area contributed by atoms with Crippen molar-refractivity contribution in [2.75, 3.05) is 44.4 Å². The highest BCUT2D eigenvalue weighted by atomic mass is 127. The highest BCUT2D eigenvalue weighted by Crippen LogP contribution is 2.27. The van der Waals surface area contributed by atoms with Crippen LogP contribution in [0.25, 0.3) is 0 Å². The molecule has 0 aliphatic carbocycles. The topological polar surface area (TPSA) is 71.1 Å². The molecule has 100 valence electrons. The lowest BCUT2D eigenvalue weighted by Crippen LogP contribution is -2.45. The number of guanidine groups is 1. The fourth-order valence-electron chi connectivity index (χ4n) is 1.84. The molecule has 5 nitrogen and oxygen atoms in total. The Morgan fingerprint density at radius 2 is 2.18 bits per heavy atom. The summed E-state index contributed by atoms with van der Waals surface area (Å²) >= 11 is 1.77. The Labute approximate surface area is 123 Å². The van der Waals surface area contributed by atoms with Crippen LogP contribution in [0.1, 0.15) is 6.42 Å². The van der Waals surface area contributed by atoms with Crippen LogP contribution in [0.15, 0.2) is 4.99 Å². The smallest absolute Gasteiger partial charge is 0.191 e. The van der Waals surface area contributed by atoms with E-state index < -0.39 is 5.60 Å². The lowest BCUT2D eigenvalue weighted by Gasteiger charge is -2.28. The standard InChI is InChI=1S/C10H19N3O2S.HI/c11-9(13-2-4-15-5-3-13)12-7-10(14)1-6-16-8-10;/h14H,1-8H2,(H2,11,12);1H. The number of halogens is 1. The summed E-state index contributed by atoms with van der Waals surface area (Å²) in [7, 11) is 0. The normalized spacial score (nSPS) is 30.2. The fourth-order valence-corrected chi connectivity index (χ4v) is 3.13. The van der Waals surface area contributed by atoms with Crippen molar-refractivity contribution in [3.8, 4) is 0 Å². The average Bonchev–Trinajstić information content (AvgIpc) is 2.75. The van der Waals surface area contributed by atoms with Crippen molar-refractivity contribution in [3.63, 3.8) is 0 Å². The summed E-state index contributed by atoms with van der Waals surface area (Å²) in [5.74, 6) is 2.32. The third-order valence-electron chi connectivity index (χ3n) is 2.95. The molecule has 1 unspecified atom stereocenters. The van der Waals surface area contributed by atoms with Crippen molar-refractivity contribution >= 4 is 41.7 Å². The SMILES string of the molecule is I.NC(=NCC1(O)CCSC1)N1CCOCC1. The predicted octanol–water partition coefficient (Wildman–Crippen LogP) is 0.119. The van der Waals surface area contributed by atoms with Gasteiger partial charge in [0.1, 0.15) is 0 Å². The third-order valence-corrected chi connectivity index (χ3v) is 4.19. The molecule has 2 rings (SSSR count). The molecule has 3 N–H and O–H groups in total. The van der Waals surface area contributed by atoms with Gasteiger partial charge in [0.2, 0.25) is 0 Å². The summed E-state index contributed by atoms with van der Waals surface area (Å²) in [5, 5.41) is 10.1. The minimum absolute atomic E-state index is 0. The monoisotopic (exact) mass is 373 g/mol. The van der Waals surface area contributed by atoms with Gasteiger partial charge in [-0.25, -0.2) is 0 Å². The summed E-state index contributed by atoms with van der Waals surface area (Å²) in [6.45, 7) is 3.42. The van der Waals surface area contributed by atoms with E-state index in [0.29, 0.717) is 25.7 Å². The number of hydrogen-bond acceptors (Lipinski definition) is 4. The molecule has 2 aliphatic heterocycles. The highest BCUT2D eigenvalue weighted by Gasteiger charge is 2.31. The number of nitrogens with zero attached hydrogens (tertiary/aromatic N) is 2. The third kappa shape index (κ3) is 4.46. The van der Waals surface area contributed by atoms with Crippen LogP contribution in [0.4, 0.5) is 0 Å². The lowest BCUT2D eigenvalue weighted by atomic mass is 10.1. The predicted molar refractivity (Wildman–Crippen MR) is 81.2 cm³/mol. The van der Waals surface area contributed by atoms with Crippen molar-refractivity contribution in [2.45, 2.75) is 12.0 Å². The molecule has 0 saturated carbocycles. The minimum Gasteiger partial charge on any atom is -0.387 e. The zero-order chi connectivity index (χ0) is 11.4. The molecule has 1 atom stereocenters. The van der Waals surface area contributed by atoms with E-state index >= 15 is 0 Å². The second kappa shape index (κ2) is 7.01. The first kappa shape index (κ1) is 15.3. The number of morpholine rings is 1. The van der Waals surface area contributed by atoms with Gasteiger partial charge < -0.3 is 20.5 Å². The van der Waals surface area contributed by atoms with Gasteiger partial charge >= 0.3 is 0 Å². The summed E-state index contributed by atoms with van der Waals surface area (Å²) in [5.41, 5.74) is 5.25. The van der Waals surface area contributed by atoms with Crippen LogP contribution in [-0.2, 0) is 4.74 Å². The van der Waals surface area contributed by atoms with Crippen LogP contribution in [0.5, 0.6) is 0 Å². The molecule has 0 bridgehead atoms. The van der Waals surface area contributed by atoms with Gasteiger partial charge in [-0.2, -0.15) is 11.8 Å². The Balaban J connectivity index is 0.00000144. The van der Waals surface area contributed by atoms with Crippen LogP contribution < -0.4 is 5.73 Å². The number of ether oxygens (including phenoxy) is 1. The number of aliphatic hydroxyl groups is 1. The summed E-state index contributed by atoms with van der Waals surface area (Å²) in [4.78, 5) is 6.31. The Morgan fingerprint density at radius 3 is 2.76 bits per heavy atom. The van der Waals surface area contributed by atoms with E-state index in [1.165, 1.54) is 0 Å². The number of thioether (sulfide) groups is 1. The van der Waals surface area contributed by atoms with Crippen LogP contribution in [-0.4, -0.2) is 65.9 Å². The number of hydrogen-bond donors (Lipinski definition) is 2. The van der Waals surface area contributed by atoms with Crippen molar-refractivity contribution in [1.82, 2.24) is 4.90 Å². The maximum atomic E-state index is 10.1. The van der Waals surface area contributed by atoms with Gasteiger partial charge in [0.25, 0.3) is 0 Å². The van der Waals surface area contributed by atoms with E-state index in [4.69, 9.17) is 10.5 Å². The van der Waals surface area contributed by atoms with Gasteiger partial charge in [-0.05, 0) is 12.2 Å². The highest BCUT2D eigenvalue weighted by molar-refractivity contribution is 14.0. The van der Waals surface area contributed by atoms with Crippen LogP contribution in [0, 0.1) is 0 Å². The largest absolute Gasteiger partial charge is 0.387 e. The molecular formula is C10H20IN3O2S. The zero-order valence-electron chi connectivity index (χ0n) is 9.80. The van der Waals surface area contributed by atoms with Crippen molar-refractivity contribution in [1.29, 1.82) is 0 Å². The molecule has 17 heavy (non-hydrogen) atoms. The van der Waals surface area contributed by atoms with Crippen LogP contribution in [0.3, 0.4) is 0 Å². The van der Waals surface area contributed by atoms with Gasteiger partial charge in [0.15, 0.2) is 5.96 Å². The van der Waals surface area contributed by atoms with Crippen LogP contribution in [0.2, 0.25) is 0 Å². The molecule has 2 fully saturated rings. The van der Waals surface area contributed by atoms with Gasteiger partial charge in [-0.3, -0.25) is 4.99 Å². The van der Waals surface area contributed by atoms with E-state index in [1.807, 2.05) is 4.90 Å². The molecule has 0 amide bonds. The van der Waals surface area contributed by atoms with Crippen molar-refractivity contribution < 1.29 is 9.84 Å².